The summed E-state index contributed by atoms with van der Waals surface area (Å²) in [6, 6.07) is 13.7. The van der Waals surface area contributed by atoms with E-state index in [9.17, 15) is 9.18 Å². The van der Waals surface area contributed by atoms with E-state index in [1.807, 2.05) is 24.3 Å². The number of ketones is 1. The number of Topliss-reactive ketones (excluding diaryl/α,β-unsaturated/α-hetero) is 1. The molecule has 0 spiro atoms. The van der Waals surface area contributed by atoms with Gasteiger partial charge in [0, 0.05) is 5.56 Å². The van der Waals surface area contributed by atoms with Crippen molar-refractivity contribution in [3.63, 3.8) is 0 Å². The maximum absolute atomic E-state index is 12.7. The van der Waals surface area contributed by atoms with Crippen LogP contribution in [0.2, 0.25) is 0 Å². The fraction of sp³-hybridized carbons (Fsp3) is 0.0625. The van der Waals surface area contributed by atoms with Crippen LogP contribution >= 0.6 is 0 Å². The Morgan fingerprint density at radius 2 is 1.33 bits per heavy atom. The molecule has 0 N–H and O–H groups in total. The monoisotopic (exact) mass is 240 g/mol. The van der Waals surface area contributed by atoms with Gasteiger partial charge in [0.05, 0.1) is 0 Å². The Bertz CT molecular complexity index is 565. The topological polar surface area (TPSA) is 17.1 Å². The highest BCUT2D eigenvalue weighted by Crippen LogP contribution is 2.10. The fourth-order valence-corrected chi connectivity index (χ4v) is 1.60. The first-order valence-corrected chi connectivity index (χ1v) is 5.70. The molecule has 0 heterocycles. The van der Waals surface area contributed by atoms with Gasteiger partial charge in [0.25, 0.3) is 0 Å². The van der Waals surface area contributed by atoms with E-state index in [2.05, 4.69) is 0 Å². The molecule has 0 fully saturated rings. The molecule has 1 nitrogen and oxygen atoms in total. The summed E-state index contributed by atoms with van der Waals surface area (Å²) in [7, 11) is 0. The SMILES string of the molecule is CC(=O)c1ccc(C=Cc2ccc(F)cc2)cc1. The standard InChI is InChI=1S/C16H13FO/c1-12(18)15-8-4-13(5-9-15)2-3-14-6-10-16(17)11-7-14/h2-11H,1H3. The minimum atomic E-state index is -0.238. The summed E-state index contributed by atoms with van der Waals surface area (Å²) in [5.74, 6) is -0.179. The number of carbonyl (C=O) groups excluding carboxylic acids is 1. The van der Waals surface area contributed by atoms with Gasteiger partial charge in [-0.3, -0.25) is 4.79 Å². The van der Waals surface area contributed by atoms with Crippen LogP contribution in [0.1, 0.15) is 28.4 Å². The van der Waals surface area contributed by atoms with Crippen LogP contribution in [0.4, 0.5) is 4.39 Å². The molecule has 0 aliphatic rings. The summed E-state index contributed by atoms with van der Waals surface area (Å²) in [6.45, 7) is 1.55. The van der Waals surface area contributed by atoms with Crippen LogP contribution in [-0.4, -0.2) is 5.78 Å². The fourth-order valence-electron chi connectivity index (χ4n) is 1.60. The molecule has 2 heteroatoms. The second-order valence-electron chi connectivity index (χ2n) is 4.06. The highest BCUT2D eigenvalue weighted by Gasteiger charge is 1.97. The smallest absolute Gasteiger partial charge is 0.159 e. The zero-order valence-corrected chi connectivity index (χ0v) is 10.1. The van der Waals surface area contributed by atoms with Crippen LogP contribution in [0.25, 0.3) is 12.2 Å². The lowest BCUT2D eigenvalue weighted by molar-refractivity contribution is 0.101. The van der Waals surface area contributed by atoms with Gasteiger partial charge in [0.15, 0.2) is 5.78 Å². The van der Waals surface area contributed by atoms with Gasteiger partial charge in [0.2, 0.25) is 0 Å². The second kappa shape index (κ2) is 5.41. The Kier molecular flexibility index (Phi) is 3.68. The molecule has 0 aliphatic heterocycles. The first kappa shape index (κ1) is 12.2. The molecule has 2 aromatic carbocycles. The zero-order valence-electron chi connectivity index (χ0n) is 10.1. The molecule has 18 heavy (non-hydrogen) atoms. The van der Waals surface area contributed by atoms with Crippen LogP contribution in [0.15, 0.2) is 48.5 Å². The van der Waals surface area contributed by atoms with Gasteiger partial charge in [-0.15, -0.1) is 0 Å². The summed E-state index contributed by atoms with van der Waals surface area (Å²) < 4.78 is 12.7. The number of hydrogen-bond donors (Lipinski definition) is 0. The van der Waals surface area contributed by atoms with Crippen molar-refractivity contribution in [1.29, 1.82) is 0 Å². The van der Waals surface area contributed by atoms with Crippen LogP contribution in [-0.2, 0) is 0 Å². The van der Waals surface area contributed by atoms with Crippen molar-refractivity contribution in [3.8, 4) is 0 Å². The van der Waals surface area contributed by atoms with Crippen molar-refractivity contribution < 1.29 is 9.18 Å². The third-order valence-corrected chi connectivity index (χ3v) is 2.66. The third-order valence-electron chi connectivity index (χ3n) is 2.66. The lowest BCUT2D eigenvalue weighted by Gasteiger charge is -1.97. The van der Waals surface area contributed by atoms with E-state index >= 15 is 0 Å². The molecular formula is C16H13FO. The van der Waals surface area contributed by atoms with Crippen LogP contribution in [0.3, 0.4) is 0 Å². The minimum absolute atomic E-state index is 0.0593. The van der Waals surface area contributed by atoms with Gasteiger partial charge >= 0.3 is 0 Å². The molecule has 0 saturated heterocycles. The Morgan fingerprint density at radius 3 is 1.78 bits per heavy atom. The van der Waals surface area contributed by atoms with E-state index in [-0.39, 0.29) is 11.6 Å². The number of halogens is 1. The average molecular weight is 240 g/mol. The Labute approximate surface area is 106 Å². The van der Waals surface area contributed by atoms with E-state index in [1.165, 1.54) is 12.1 Å². The summed E-state index contributed by atoms with van der Waals surface area (Å²) >= 11 is 0. The zero-order chi connectivity index (χ0) is 13.0. The van der Waals surface area contributed by atoms with Crippen LogP contribution in [0, 0.1) is 5.82 Å². The van der Waals surface area contributed by atoms with E-state index in [0.717, 1.165) is 11.1 Å². The van der Waals surface area contributed by atoms with E-state index in [1.54, 1.807) is 31.2 Å². The summed E-state index contributed by atoms with van der Waals surface area (Å²) in [5, 5.41) is 0. The summed E-state index contributed by atoms with van der Waals surface area (Å²) in [4.78, 5) is 11.1. The van der Waals surface area contributed by atoms with Crippen LogP contribution in [0.5, 0.6) is 0 Å². The quantitative estimate of drug-likeness (QED) is 0.580. The largest absolute Gasteiger partial charge is 0.295 e. The third kappa shape index (κ3) is 3.14. The first-order valence-electron chi connectivity index (χ1n) is 5.70. The summed E-state index contributed by atoms with van der Waals surface area (Å²) in [6.07, 6.45) is 3.83. The van der Waals surface area contributed by atoms with Gasteiger partial charge in [-0.05, 0) is 30.2 Å². The molecule has 0 amide bonds. The van der Waals surface area contributed by atoms with Crippen molar-refractivity contribution >= 4 is 17.9 Å². The molecule has 0 aliphatic carbocycles. The van der Waals surface area contributed by atoms with Crippen LogP contribution < -0.4 is 0 Å². The predicted molar refractivity (Wildman–Crippen MR) is 71.8 cm³/mol. The van der Waals surface area contributed by atoms with Crippen molar-refractivity contribution in [2.45, 2.75) is 6.92 Å². The maximum Gasteiger partial charge on any atom is 0.159 e. The van der Waals surface area contributed by atoms with Gasteiger partial charge < -0.3 is 0 Å². The van der Waals surface area contributed by atoms with Crippen molar-refractivity contribution in [1.82, 2.24) is 0 Å². The average Bonchev–Trinajstić information content (AvgIpc) is 2.38. The molecule has 0 bridgehead atoms. The predicted octanol–water partition coefficient (Wildman–Crippen LogP) is 4.20. The Morgan fingerprint density at radius 1 is 0.889 bits per heavy atom. The molecule has 0 radical (unpaired) electrons. The lowest BCUT2D eigenvalue weighted by atomic mass is 10.1. The number of carbonyl (C=O) groups is 1. The molecule has 0 saturated carbocycles. The molecule has 0 aromatic heterocycles. The maximum atomic E-state index is 12.7. The van der Waals surface area contributed by atoms with Gasteiger partial charge in [0.1, 0.15) is 5.82 Å². The number of hydrogen-bond acceptors (Lipinski definition) is 1. The van der Waals surface area contributed by atoms with Gasteiger partial charge in [-0.1, -0.05) is 48.6 Å². The van der Waals surface area contributed by atoms with E-state index < -0.39 is 0 Å². The Balaban J connectivity index is 2.13. The number of rotatable bonds is 3. The van der Waals surface area contributed by atoms with E-state index in [4.69, 9.17) is 0 Å². The van der Waals surface area contributed by atoms with Gasteiger partial charge in [-0.25, -0.2) is 4.39 Å². The second-order valence-corrected chi connectivity index (χ2v) is 4.06. The van der Waals surface area contributed by atoms with Crippen molar-refractivity contribution in [2.24, 2.45) is 0 Å². The normalized spacial score (nSPS) is 10.8. The number of benzene rings is 2. The first-order chi connectivity index (χ1) is 8.65. The van der Waals surface area contributed by atoms with Crippen molar-refractivity contribution in [3.05, 3.63) is 71.0 Å². The molecule has 2 aromatic rings. The highest BCUT2D eigenvalue weighted by molar-refractivity contribution is 5.94. The minimum Gasteiger partial charge on any atom is -0.295 e. The molecule has 0 unspecified atom stereocenters. The molecule has 0 atom stereocenters. The molecular weight excluding hydrogens is 227 g/mol. The Hall–Kier alpha value is -2.22. The van der Waals surface area contributed by atoms with Crippen molar-refractivity contribution in [2.75, 3.05) is 0 Å². The lowest BCUT2D eigenvalue weighted by Crippen LogP contribution is -1.90. The molecule has 90 valence electrons. The van der Waals surface area contributed by atoms with E-state index in [0.29, 0.717) is 5.56 Å². The highest BCUT2D eigenvalue weighted by atomic mass is 19.1. The summed E-state index contributed by atoms with van der Waals surface area (Å²) in [5.41, 5.74) is 2.64. The van der Waals surface area contributed by atoms with Gasteiger partial charge in [-0.2, -0.15) is 0 Å². The molecule has 2 rings (SSSR count).